The number of aliphatic hydroxyl groups is 1. The lowest BCUT2D eigenvalue weighted by Gasteiger charge is -2.46. The predicted molar refractivity (Wildman–Crippen MR) is 96.4 cm³/mol. The molecule has 0 bridgehead atoms. The van der Waals surface area contributed by atoms with Crippen molar-refractivity contribution in [1.82, 2.24) is 4.90 Å². The van der Waals surface area contributed by atoms with Crippen LogP contribution in [0, 0.1) is 5.82 Å². The second-order valence-electron chi connectivity index (χ2n) is 7.22. The highest BCUT2D eigenvalue weighted by atomic mass is 79.9. The van der Waals surface area contributed by atoms with E-state index in [1.807, 2.05) is 0 Å². The maximum absolute atomic E-state index is 13.2. The molecule has 8 heteroatoms. The van der Waals surface area contributed by atoms with E-state index in [2.05, 4.69) is 15.9 Å². The minimum Gasteiger partial charge on any atom is -0.467 e. The zero-order valence-electron chi connectivity index (χ0n) is 15.2. The van der Waals surface area contributed by atoms with Gasteiger partial charge in [-0.25, -0.2) is 14.0 Å². The molecule has 0 spiro atoms. The summed E-state index contributed by atoms with van der Waals surface area (Å²) < 4.78 is 23.4. The summed E-state index contributed by atoms with van der Waals surface area (Å²) in [6.45, 7) is 5.25. The van der Waals surface area contributed by atoms with Gasteiger partial charge in [0.1, 0.15) is 23.1 Å². The van der Waals surface area contributed by atoms with Crippen molar-refractivity contribution < 1.29 is 28.6 Å². The first-order valence-electron chi connectivity index (χ1n) is 8.19. The zero-order valence-corrected chi connectivity index (χ0v) is 16.7. The number of methoxy groups -OCH3 is 1. The van der Waals surface area contributed by atoms with E-state index < -0.39 is 40.0 Å². The number of piperidine rings is 1. The van der Waals surface area contributed by atoms with E-state index in [1.54, 1.807) is 20.8 Å². The number of nitrogens with zero attached hydrogens (tertiary/aromatic N) is 1. The maximum Gasteiger partial charge on any atom is 0.411 e. The van der Waals surface area contributed by atoms with E-state index in [9.17, 15) is 19.1 Å². The molecule has 0 aromatic heterocycles. The van der Waals surface area contributed by atoms with Gasteiger partial charge in [0, 0.05) is 6.54 Å². The third-order valence-corrected chi connectivity index (χ3v) is 5.48. The third-order valence-electron chi connectivity index (χ3n) is 4.22. The molecule has 1 aliphatic rings. The van der Waals surface area contributed by atoms with Crippen molar-refractivity contribution in [2.75, 3.05) is 13.7 Å². The van der Waals surface area contributed by atoms with Gasteiger partial charge in [0.15, 0.2) is 0 Å². The second-order valence-corrected chi connectivity index (χ2v) is 8.21. The van der Waals surface area contributed by atoms with Gasteiger partial charge in [-0.2, -0.15) is 0 Å². The first-order chi connectivity index (χ1) is 12.0. The van der Waals surface area contributed by atoms with E-state index in [4.69, 9.17) is 9.47 Å². The van der Waals surface area contributed by atoms with Crippen LogP contribution >= 0.6 is 15.9 Å². The average Bonchev–Trinajstić information content (AvgIpc) is 2.55. The van der Waals surface area contributed by atoms with Crippen LogP contribution in [0.2, 0.25) is 0 Å². The van der Waals surface area contributed by atoms with Gasteiger partial charge in [0.25, 0.3) is 0 Å². The Hall–Kier alpha value is -1.67. The number of carbonyl (C=O) groups is 2. The van der Waals surface area contributed by atoms with Crippen molar-refractivity contribution in [3.8, 4) is 0 Å². The first kappa shape index (κ1) is 20.6. The largest absolute Gasteiger partial charge is 0.467 e. The number of amides is 1. The van der Waals surface area contributed by atoms with Crippen molar-refractivity contribution in [3.63, 3.8) is 0 Å². The van der Waals surface area contributed by atoms with E-state index in [1.165, 1.54) is 36.3 Å². The van der Waals surface area contributed by atoms with E-state index in [0.717, 1.165) is 0 Å². The molecule has 1 heterocycles. The van der Waals surface area contributed by atoms with Crippen molar-refractivity contribution in [3.05, 3.63) is 35.6 Å². The fourth-order valence-electron chi connectivity index (χ4n) is 2.92. The van der Waals surface area contributed by atoms with Crippen molar-refractivity contribution in [2.45, 2.75) is 49.3 Å². The van der Waals surface area contributed by atoms with Crippen LogP contribution in [0.25, 0.3) is 0 Å². The molecule has 0 saturated carbocycles. The Morgan fingerprint density at radius 1 is 1.31 bits per heavy atom. The predicted octanol–water partition coefficient (Wildman–Crippen LogP) is 2.96. The molecule has 6 nitrogen and oxygen atoms in total. The molecule has 2 rings (SSSR count). The topological polar surface area (TPSA) is 76.1 Å². The Balaban J connectivity index is 2.37. The van der Waals surface area contributed by atoms with Crippen molar-refractivity contribution in [2.24, 2.45) is 0 Å². The van der Waals surface area contributed by atoms with Crippen molar-refractivity contribution in [1.29, 1.82) is 0 Å². The van der Waals surface area contributed by atoms with E-state index in [0.29, 0.717) is 5.56 Å². The van der Waals surface area contributed by atoms with Gasteiger partial charge in [-0.15, -0.1) is 0 Å². The molecule has 1 saturated heterocycles. The monoisotopic (exact) mass is 431 g/mol. The SMILES string of the molecule is COC(=O)[C@H]1C(Br)C(O)(c2ccc(F)cc2)CCN1C(=O)OC(C)(C)C. The van der Waals surface area contributed by atoms with Gasteiger partial charge in [0.05, 0.1) is 11.9 Å². The van der Waals surface area contributed by atoms with Crippen LogP contribution < -0.4 is 0 Å². The summed E-state index contributed by atoms with van der Waals surface area (Å²) in [6.07, 6.45) is -0.528. The van der Waals surface area contributed by atoms with E-state index >= 15 is 0 Å². The number of rotatable bonds is 2. The number of halogens is 2. The van der Waals surface area contributed by atoms with Crippen LogP contribution in [-0.4, -0.2) is 52.2 Å². The Kier molecular flexibility index (Phi) is 5.97. The van der Waals surface area contributed by atoms with Crippen LogP contribution in [-0.2, 0) is 19.9 Å². The van der Waals surface area contributed by atoms with Crippen LogP contribution in [0.5, 0.6) is 0 Å². The number of ether oxygens (including phenoxy) is 2. The molecular formula is C18H23BrFNO5. The van der Waals surface area contributed by atoms with Crippen LogP contribution in [0.1, 0.15) is 32.8 Å². The van der Waals surface area contributed by atoms with E-state index in [-0.39, 0.29) is 13.0 Å². The quantitative estimate of drug-likeness (QED) is 0.575. The molecular weight excluding hydrogens is 409 g/mol. The molecule has 1 aliphatic heterocycles. The lowest BCUT2D eigenvalue weighted by molar-refractivity contribution is -0.152. The van der Waals surface area contributed by atoms with Crippen LogP contribution in [0.3, 0.4) is 0 Å². The normalized spacial score (nSPS) is 26.3. The minimum atomic E-state index is -1.48. The Morgan fingerprint density at radius 2 is 1.88 bits per heavy atom. The average molecular weight is 432 g/mol. The highest BCUT2D eigenvalue weighted by molar-refractivity contribution is 9.09. The summed E-state index contributed by atoms with van der Waals surface area (Å²) in [5.41, 5.74) is -1.77. The van der Waals surface area contributed by atoms with Gasteiger partial charge >= 0.3 is 12.1 Å². The van der Waals surface area contributed by atoms with Gasteiger partial charge in [0.2, 0.25) is 0 Å². The number of esters is 1. The van der Waals surface area contributed by atoms with Crippen LogP contribution in [0.15, 0.2) is 24.3 Å². The van der Waals surface area contributed by atoms with Gasteiger partial charge in [-0.1, -0.05) is 28.1 Å². The van der Waals surface area contributed by atoms with Crippen molar-refractivity contribution >= 4 is 28.0 Å². The smallest absolute Gasteiger partial charge is 0.411 e. The highest BCUT2D eigenvalue weighted by Crippen LogP contribution is 2.41. The first-order valence-corrected chi connectivity index (χ1v) is 9.11. The molecule has 1 aromatic carbocycles. The Morgan fingerprint density at radius 3 is 2.38 bits per heavy atom. The molecule has 1 aromatic rings. The molecule has 1 N–H and O–H groups in total. The summed E-state index contributed by atoms with van der Waals surface area (Å²) in [7, 11) is 1.21. The molecule has 0 aliphatic carbocycles. The number of hydrogen-bond acceptors (Lipinski definition) is 5. The minimum absolute atomic E-state index is 0.0741. The van der Waals surface area contributed by atoms with Crippen LogP contribution in [0.4, 0.5) is 9.18 Å². The summed E-state index contributed by atoms with van der Waals surface area (Å²) in [6, 6.07) is 4.29. The summed E-state index contributed by atoms with van der Waals surface area (Å²) >= 11 is 3.37. The standard InChI is InChI=1S/C18H23BrFNO5/c1-17(2,3)26-16(23)21-10-9-18(24,11-5-7-12(20)8-6-11)14(19)13(21)15(22)25-4/h5-8,13-14,24H,9-10H2,1-4H3/t13-,14?,18?/m1/s1. The highest BCUT2D eigenvalue weighted by Gasteiger charge is 2.53. The number of alkyl halides is 1. The molecule has 1 fully saturated rings. The molecule has 2 unspecified atom stereocenters. The Bertz CT molecular complexity index is 675. The lowest BCUT2D eigenvalue weighted by atomic mass is 9.80. The zero-order chi connectivity index (χ0) is 19.7. The van der Waals surface area contributed by atoms with Gasteiger partial charge in [-0.3, -0.25) is 4.90 Å². The molecule has 0 radical (unpaired) electrons. The van der Waals surface area contributed by atoms with Gasteiger partial charge in [-0.05, 0) is 44.9 Å². The summed E-state index contributed by atoms with van der Waals surface area (Å²) in [5.74, 6) is -1.11. The fourth-order valence-corrected chi connectivity index (χ4v) is 3.92. The summed E-state index contributed by atoms with van der Waals surface area (Å²) in [4.78, 5) is 25.3. The molecule has 144 valence electrons. The third kappa shape index (κ3) is 4.17. The Labute approximate surface area is 160 Å². The second kappa shape index (κ2) is 7.52. The molecule has 26 heavy (non-hydrogen) atoms. The number of carbonyl (C=O) groups excluding carboxylic acids is 2. The number of benzene rings is 1. The molecule has 3 atom stereocenters. The van der Waals surface area contributed by atoms with Gasteiger partial charge < -0.3 is 14.6 Å². The molecule has 1 amide bonds. The number of hydrogen-bond donors (Lipinski definition) is 1. The fraction of sp³-hybridized carbons (Fsp3) is 0.556. The maximum atomic E-state index is 13.2. The summed E-state index contributed by atoms with van der Waals surface area (Å²) in [5, 5.41) is 11.2. The number of likely N-dealkylation sites (tertiary alicyclic amines) is 1. The lowest BCUT2D eigenvalue weighted by Crippen LogP contribution is -2.62.